The van der Waals surface area contributed by atoms with Crippen LogP contribution < -0.4 is 5.48 Å². The molecule has 0 saturated carbocycles. The minimum Gasteiger partial charge on any atom is -0.389 e. The molecule has 8 heteroatoms. The molecule has 2 aromatic carbocycles. The van der Waals surface area contributed by atoms with Gasteiger partial charge in [0, 0.05) is 54.9 Å². The fourth-order valence-electron chi connectivity index (χ4n) is 6.81. The van der Waals surface area contributed by atoms with E-state index in [0.717, 1.165) is 44.5 Å². The van der Waals surface area contributed by atoms with Crippen molar-refractivity contribution in [3.8, 4) is 0 Å². The largest absolute Gasteiger partial charge is 0.389 e. The highest BCUT2D eigenvalue weighted by Crippen LogP contribution is 2.33. The van der Waals surface area contributed by atoms with E-state index >= 15 is 4.39 Å². The third kappa shape index (κ3) is 7.17. The maximum Gasteiger partial charge on any atom is 0.274 e. The number of nitrogens with zero attached hydrogens (tertiary/aromatic N) is 3. The highest BCUT2D eigenvalue weighted by Gasteiger charge is 2.38. The van der Waals surface area contributed by atoms with E-state index in [9.17, 15) is 9.90 Å². The van der Waals surface area contributed by atoms with Crippen molar-refractivity contribution in [2.75, 3.05) is 39.3 Å². The second-order valence-electron chi connectivity index (χ2n) is 13.0. The third-order valence-corrected chi connectivity index (χ3v) is 9.08. The third-order valence-electron chi connectivity index (χ3n) is 9.08. The average molecular weight is 565 g/mol. The maximum atomic E-state index is 15.7. The topological polar surface area (TPSA) is 81.0 Å². The van der Waals surface area contributed by atoms with E-state index in [0.29, 0.717) is 50.5 Å². The van der Waals surface area contributed by atoms with Gasteiger partial charge in [-0.05, 0) is 101 Å². The van der Waals surface area contributed by atoms with Gasteiger partial charge in [-0.25, -0.2) is 9.87 Å². The zero-order chi connectivity index (χ0) is 29.2. The summed E-state index contributed by atoms with van der Waals surface area (Å²) in [5.74, 6) is 0.0405. The molecule has 0 aliphatic carbocycles. The van der Waals surface area contributed by atoms with E-state index in [1.165, 1.54) is 22.2 Å². The lowest BCUT2D eigenvalue weighted by Crippen LogP contribution is -2.52. The van der Waals surface area contributed by atoms with Crippen molar-refractivity contribution < 1.29 is 19.5 Å². The summed E-state index contributed by atoms with van der Waals surface area (Å²) in [6.07, 6.45) is 3.98. The molecule has 2 aliphatic heterocycles. The van der Waals surface area contributed by atoms with Crippen LogP contribution in [0, 0.1) is 12.8 Å². The van der Waals surface area contributed by atoms with E-state index in [1.807, 2.05) is 26.0 Å². The zero-order valence-electron chi connectivity index (χ0n) is 24.7. The molecule has 3 heterocycles. The predicted octanol–water partition coefficient (Wildman–Crippen LogP) is 4.95. The zero-order valence-corrected chi connectivity index (χ0v) is 24.7. The Morgan fingerprint density at radius 2 is 1.68 bits per heavy atom. The summed E-state index contributed by atoms with van der Waals surface area (Å²) in [5, 5.41) is 20.3. The van der Waals surface area contributed by atoms with Gasteiger partial charge >= 0.3 is 0 Å². The number of para-hydroxylation sites is 1. The predicted molar refractivity (Wildman–Crippen MR) is 160 cm³/mol. The number of hydroxylamine groups is 1. The molecule has 1 amide bonds. The van der Waals surface area contributed by atoms with E-state index in [-0.39, 0.29) is 0 Å². The first kappa shape index (κ1) is 29.7. The van der Waals surface area contributed by atoms with Crippen LogP contribution in [0.25, 0.3) is 10.9 Å². The first-order valence-corrected chi connectivity index (χ1v) is 15.0. The number of hydrogen-bond acceptors (Lipinski definition) is 5. The van der Waals surface area contributed by atoms with Crippen molar-refractivity contribution in [3.05, 3.63) is 70.9 Å². The van der Waals surface area contributed by atoms with Crippen LogP contribution in [-0.4, -0.2) is 81.1 Å². The van der Waals surface area contributed by atoms with E-state index < -0.39 is 17.2 Å². The minimum absolute atomic E-state index is 0.427. The van der Waals surface area contributed by atoms with Gasteiger partial charge in [0.1, 0.15) is 5.67 Å². The summed E-state index contributed by atoms with van der Waals surface area (Å²) in [4.78, 5) is 16.2. The number of hydrogen-bond donors (Lipinski definition) is 3. The number of carbonyl (C=O) groups is 1. The number of carbonyl (C=O) groups excluding carboxylic acids is 1. The maximum absolute atomic E-state index is 15.7. The molecule has 41 heavy (non-hydrogen) atoms. The fourth-order valence-corrected chi connectivity index (χ4v) is 6.81. The lowest BCUT2D eigenvalue weighted by Gasteiger charge is -2.42. The smallest absolute Gasteiger partial charge is 0.274 e. The van der Waals surface area contributed by atoms with Gasteiger partial charge in [0.2, 0.25) is 0 Å². The summed E-state index contributed by atoms with van der Waals surface area (Å²) in [6, 6.07) is 15.9. The van der Waals surface area contributed by atoms with Crippen LogP contribution in [0.3, 0.4) is 0 Å². The van der Waals surface area contributed by atoms with Crippen molar-refractivity contribution >= 4 is 16.8 Å². The molecule has 2 aliphatic rings. The van der Waals surface area contributed by atoms with Gasteiger partial charge in [0.25, 0.3) is 5.91 Å². The van der Waals surface area contributed by atoms with Crippen LogP contribution in [0.4, 0.5) is 4.39 Å². The fraction of sp³-hybridized carbons (Fsp3) is 0.545. The van der Waals surface area contributed by atoms with Gasteiger partial charge in [-0.2, -0.15) is 0 Å². The van der Waals surface area contributed by atoms with Crippen molar-refractivity contribution in [3.63, 3.8) is 0 Å². The Balaban J connectivity index is 1.20. The van der Waals surface area contributed by atoms with E-state index in [4.69, 9.17) is 5.21 Å². The molecule has 0 atom stereocenters. The number of halogens is 1. The molecule has 2 saturated heterocycles. The number of nitrogens with one attached hydrogen (secondary N) is 1. The Bertz CT molecular complexity index is 1330. The van der Waals surface area contributed by atoms with Crippen LogP contribution in [0.2, 0.25) is 0 Å². The second-order valence-corrected chi connectivity index (χ2v) is 13.0. The first-order chi connectivity index (χ1) is 19.5. The lowest BCUT2D eigenvalue weighted by atomic mass is 9.90. The van der Waals surface area contributed by atoms with Crippen LogP contribution in [0.5, 0.6) is 0 Å². The normalized spacial score (nSPS) is 19.1. The molecule has 5 rings (SSSR count). The Kier molecular flexibility index (Phi) is 8.85. The number of aromatic nitrogens is 1. The van der Waals surface area contributed by atoms with Crippen molar-refractivity contribution in [1.29, 1.82) is 0 Å². The molecular formula is C33H45FN4O3. The molecule has 0 spiro atoms. The van der Waals surface area contributed by atoms with Gasteiger partial charge in [0.15, 0.2) is 0 Å². The number of rotatable bonds is 9. The number of aliphatic hydroxyl groups is 1. The second kappa shape index (κ2) is 12.2. The number of alkyl halides is 1. The van der Waals surface area contributed by atoms with Crippen molar-refractivity contribution in [2.45, 2.75) is 70.7 Å². The summed E-state index contributed by atoms with van der Waals surface area (Å²) < 4.78 is 18.2. The number of amides is 1. The Labute approximate surface area is 242 Å². The van der Waals surface area contributed by atoms with Crippen LogP contribution in [-0.2, 0) is 13.0 Å². The van der Waals surface area contributed by atoms with E-state index in [1.54, 1.807) is 17.6 Å². The monoisotopic (exact) mass is 564 g/mol. The molecule has 222 valence electrons. The Hall–Kier alpha value is -2.78. The standard InChI is InChI=1S/C33H45FN4O3/c1-24-29(20-25-8-10-27(11-9-25)31(39)35-41)28-6-4-5-7-30(28)38(24)21-26-12-16-36(17-13-26)23-33(34)14-18-37(19-15-33)22-32(2,3)40/h4-11,26,40-41H,12-23H2,1-3H3,(H,35,39). The molecule has 2 fully saturated rings. The molecule has 7 nitrogen and oxygen atoms in total. The summed E-state index contributed by atoms with van der Waals surface area (Å²) in [5.41, 5.74) is 5.17. The lowest BCUT2D eigenvalue weighted by molar-refractivity contribution is -0.0168. The summed E-state index contributed by atoms with van der Waals surface area (Å²) in [6.45, 7) is 11.2. The van der Waals surface area contributed by atoms with Crippen molar-refractivity contribution in [1.82, 2.24) is 19.8 Å². The number of likely N-dealkylation sites (tertiary alicyclic amines) is 2. The SMILES string of the molecule is Cc1c(Cc2ccc(C(=O)NO)cc2)c2ccccc2n1CC1CCN(CC2(F)CCN(CC(C)(C)O)CC2)CC1. The molecule has 0 radical (unpaired) electrons. The molecule has 0 unspecified atom stereocenters. The number of fused-ring (bicyclic) bond motifs is 1. The number of β-amino-alcohol motifs (C(OH)–C–C–N with tert-alkyl or cyclic N) is 1. The first-order valence-electron chi connectivity index (χ1n) is 15.0. The highest BCUT2D eigenvalue weighted by molar-refractivity contribution is 5.93. The van der Waals surface area contributed by atoms with Crippen LogP contribution in [0.15, 0.2) is 48.5 Å². The molecule has 3 aromatic rings. The van der Waals surface area contributed by atoms with Gasteiger partial charge in [0.05, 0.1) is 5.60 Å². The molecule has 0 bridgehead atoms. The van der Waals surface area contributed by atoms with Crippen LogP contribution >= 0.6 is 0 Å². The van der Waals surface area contributed by atoms with E-state index in [2.05, 4.69) is 45.6 Å². The summed E-state index contributed by atoms with van der Waals surface area (Å²) in [7, 11) is 0. The van der Waals surface area contributed by atoms with Crippen LogP contribution in [0.1, 0.15) is 66.7 Å². The Morgan fingerprint density at radius 1 is 1.02 bits per heavy atom. The molecule has 1 aromatic heterocycles. The molecule has 3 N–H and O–H groups in total. The van der Waals surface area contributed by atoms with Gasteiger partial charge in [-0.1, -0.05) is 30.3 Å². The number of benzene rings is 2. The minimum atomic E-state index is -1.13. The van der Waals surface area contributed by atoms with Gasteiger partial charge in [-0.3, -0.25) is 10.0 Å². The molecular weight excluding hydrogens is 519 g/mol. The van der Waals surface area contributed by atoms with Gasteiger partial charge < -0.3 is 19.5 Å². The Morgan fingerprint density at radius 3 is 2.32 bits per heavy atom. The quantitative estimate of drug-likeness (QED) is 0.253. The van der Waals surface area contributed by atoms with Crippen molar-refractivity contribution in [2.24, 2.45) is 5.92 Å². The van der Waals surface area contributed by atoms with Gasteiger partial charge in [-0.15, -0.1) is 0 Å². The highest BCUT2D eigenvalue weighted by atomic mass is 19.1. The average Bonchev–Trinajstić information content (AvgIpc) is 3.20. The summed E-state index contributed by atoms with van der Waals surface area (Å²) >= 11 is 0. The number of piperidine rings is 2.